The van der Waals surface area contributed by atoms with Crippen LogP contribution in [0.5, 0.6) is 0 Å². The highest BCUT2D eigenvalue weighted by Gasteiger charge is 2.33. The van der Waals surface area contributed by atoms with Gasteiger partial charge in [-0.25, -0.2) is 0 Å². The number of amides is 1. The van der Waals surface area contributed by atoms with Gasteiger partial charge in [-0.3, -0.25) is 4.79 Å². The normalized spacial score (nSPS) is 34.4. The summed E-state index contributed by atoms with van der Waals surface area (Å²) in [5.41, 5.74) is 0. The standard InChI is InChI=1S/C14H25NO2/c1-10(2)11-3-5-12(6-4-11)14(17)15-8-7-13(16)9-15/h10-13,16H,3-9H2,1-2H3. The van der Waals surface area contributed by atoms with Gasteiger partial charge >= 0.3 is 0 Å². The van der Waals surface area contributed by atoms with E-state index < -0.39 is 0 Å². The average molecular weight is 239 g/mol. The lowest BCUT2D eigenvalue weighted by Gasteiger charge is -2.32. The van der Waals surface area contributed by atoms with Crippen LogP contribution in [0.25, 0.3) is 0 Å². The summed E-state index contributed by atoms with van der Waals surface area (Å²) in [5, 5.41) is 9.47. The van der Waals surface area contributed by atoms with Gasteiger partial charge in [-0.15, -0.1) is 0 Å². The first-order valence-corrected chi connectivity index (χ1v) is 7.04. The lowest BCUT2D eigenvalue weighted by molar-refractivity contribution is -0.136. The molecule has 0 aromatic heterocycles. The van der Waals surface area contributed by atoms with Gasteiger partial charge in [0.1, 0.15) is 0 Å². The van der Waals surface area contributed by atoms with Gasteiger partial charge < -0.3 is 10.0 Å². The van der Waals surface area contributed by atoms with Crippen LogP contribution >= 0.6 is 0 Å². The maximum Gasteiger partial charge on any atom is 0.225 e. The molecule has 1 saturated heterocycles. The second-order valence-corrected chi connectivity index (χ2v) is 6.08. The molecule has 1 aliphatic carbocycles. The predicted octanol–water partition coefficient (Wildman–Crippen LogP) is 2.04. The van der Waals surface area contributed by atoms with Crippen molar-refractivity contribution in [2.24, 2.45) is 17.8 Å². The number of aliphatic hydroxyl groups is 1. The minimum absolute atomic E-state index is 0.232. The first-order chi connectivity index (χ1) is 8.08. The second-order valence-electron chi connectivity index (χ2n) is 6.08. The van der Waals surface area contributed by atoms with Crippen LogP contribution in [0.1, 0.15) is 46.0 Å². The summed E-state index contributed by atoms with van der Waals surface area (Å²) in [5.74, 6) is 2.09. The zero-order valence-corrected chi connectivity index (χ0v) is 11.1. The summed E-state index contributed by atoms with van der Waals surface area (Å²) in [6.45, 7) is 5.88. The molecule has 0 radical (unpaired) electrons. The van der Waals surface area contributed by atoms with Gasteiger partial charge in [0.2, 0.25) is 5.91 Å². The largest absolute Gasteiger partial charge is 0.391 e. The Balaban J connectivity index is 1.82. The van der Waals surface area contributed by atoms with Crippen LogP contribution in [0.3, 0.4) is 0 Å². The van der Waals surface area contributed by atoms with E-state index in [9.17, 15) is 9.90 Å². The summed E-state index contributed by atoms with van der Waals surface area (Å²) in [7, 11) is 0. The van der Waals surface area contributed by atoms with Crippen molar-refractivity contribution in [3.05, 3.63) is 0 Å². The maximum atomic E-state index is 12.2. The van der Waals surface area contributed by atoms with E-state index in [4.69, 9.17) is 0 Å². The van der Waals surface area contributed by atoms with Crippen molar-refractivity contribution in [2.75, 3.05) is 13.1 Å². The molecule has 1 amide bonds. The molecule has 3 nitrogen and oxygen atoms in total. The molecule has 17 heavy (non-hydrogen) atoms. The highest BCUT2D eigenvalue weighted by atomic mass is 16.3. The molecule has 1 atom stereocenters. The summed E-state index contributed by atoms with van der Waals surface area (Å²) in [4.78, 5) is 14.1. The Morgan fingerprint density at radius 2 is 1.82 bits per heavy atom. The first kappa shape index (κ1) is 12.9. The summed E-state index contributed by atoms with van der Waals surface area (Å²) in [6.07, 6.45) is 4.97. The highest BCUT2D eigenvalue weighted by molar-refractivity contribution is 5.79. The van der Waals surface area contributed by atoms with E-state index in [2.05, 4.69) is 13.8 Å². The Morgan fingerprint density at radius 1 is 1.18 bits per heavy atom. The van der Waals surface area contributed by atoms with Crippen molar-refractivity contribution in [3.8, 4) is 0 Å². The Labute approximate surface area is 104 Å². The molecule has 2 aliphatic rings. The monoisotopic (exact) mass is 239 g/mol. The molecule has 1 unspecified atom stereocenters. The van der Waals surface area contributed by atoms with Gasteiger partial charge in [0, 0.05) is 19.0 Å². The second kappa shape index (κ2) is 5.38. The number of aliphatic hydroxyl groups excluding tert-OH is 1. The molecule has 1 N–H and O–H groups in total. The first-order valence-electron chi connectivity index (χ1n) is 7.04. The van der Waals surface area contributed by atoms with Gasteiger partial charge in [0.15, 0.2) is 0 Å². The van der Waals surface area contributed by atoms with E-state index in [1.54, 1.807) is 0 Å². The molecule has 3 heteroatoms. The SMILES string of the molecule is CC(C)C1CCC(C(=O)N2CCC(O)C2)CC1. The van der Waals surface area contributed by atoms with Crippen LogP contribution in [-0.2, 0) is 4.79 Å². The van der Waals surface area contributed by atoms with E-state index in [0.29, 0.717) is 12.5 Å². The molecule has 1 aliphatic heterocycles. The Bertz CT molecular complexity index is 269. The summed E-state index contributed by atoms with van der Waals surface area (Å²) >= 11 is 0. The van der Waals surface area contributed by atoms with Crippen LogP contribution in [-0.4, -0.2) is 35.1 Å². The average Bonchev–Trinajstić information content (AvgIpc) is 2.75. The summed E-state index contributed by atoms with van der Waals surface area (Å²) < 4.78 is 0. The third-order valence-electron chi connectivity index (χ3n) is 4.54. The van der Waals surface area contributed by atoms with Crippen LogP contribution in [0.15, 0.2) is 0 Å². The van der Waals surface area contributed by atoms with Gasteiger partial charge in [0.05, 0.1) is 6.10 Å². The maximum absolute atomic E-state index is 12.2. The fraction of sp³-hybridized carbons (Fsp3) is 0.929. The van der Waals surface area contributed by atoms with Gasteiger partial charge in [-0.05, 0) is 43.9 Å². The van der Waals surface area contributed by atoms with Crippen LogP contribution in [0.4, 0.5) is 0 Å². The van der Waals surface area contributed by atoms with Crippen molar-refractivity contribution >= 4 is 5.91 Å². The number of hydrogen-bond acceptors (Lipinski definition) is 2. The number of carbonyl (C=O) groups excluding carboxylic acids is 1. The molecule has 1 heterocycles. The minimum atomic E-state index is -0.286. The number of carbonyl (C=O) groups is 1. The Hall–Kier alpha value is -0.570. The smallest absolute Gasteiger partial charge is 0.225 e. The Morgan fingerprint density at radius 3 is 2.29 bits per heavy atom. The number of rotatable bonds is 2. The topological polar surface area (TPSA) is 40.5 Å². The quantitative estimate of drug-likeness (QED) is 0.801. The third kappa shape index (κ3) is 3.01. The van der Waals surface area contributed by atoms with E-state index in [-0.39, 0.29) is 12.0 Å². The lowest BCUT2D eigenvalue weighted by atomic mass is 9.76. The van der Waals surface area contributed by atoms with Crippen molar-refractivity contribution < 1.29 is 9.90 Å². The number of nitrogens with zero attached hydrogens (tertiary/aromatic N) is 1. The van der Waals surface area contributed by atoms with Crippen molar-refractivity contribution in [1.82, 2.24) is 4.90 Å². The molecular weight excluding hydrogens is 214 g/mol. The molecule has 0 aromatic carbocycles. The molecule has 2 rings (SSSR count). The predicted molar refractivity (Wildman–Crippen MR) is 67.5 cm³/mol. The van der Waals surface area contributed by atoms with Gasteiger partial charge in [-0.2, -0.15) is 0 Å². The zero-order chi connectivity index (χ0) is 12.4. The van der Waals surface area contributed by atoms with Crippen molar-refractivity contribution in [2.45, 2.75) is 52.1 Å². The molecule has 98 valence electrons. The fourth-order valence-corrected chi connectivity index (χ4v) is 3.23. The fourth-order valence-electron chi connectivity index (χ4n) is 3.23. The number of hydrogen-bond donors (Lipinski definition) is 1. The molecule has 1 saturated carbocycles. The lowest BCUT2D eigenvalue weighted by Crippen LogP contribution is -2.37. The van der Waals surface area contributed by atoms with E-state index in [1.165, 1.54) is 12.8 Å². The zero-order valence-electron chi connectivity index (χ0n) is 11.1. The molecule has 2 fully saturated rings. The number of likely N-dealkylation sites (tertiary alicyclic amines) is 1. The van der Waals surface area contributed by atoms with Gasteiger partial charge in [0.25, 0.3) is 0 Å². The van der Waals surface area contributed by atoms with E-state index in [1.807, 2.05) is 4.90 Å². The third-order valence-corrected chi connectivity index (χ3v) is 4.54. The summed E-state index contributed by atoms with van der Waals surface area (Å²) in [6, 6.07) is 0. The highest BCUT2D eigenvalue weighted by Crippen LogP contribution is 2.34. The van der Waals surface area contributed by atoms with Gasteiger partial charge in [-0.1, -0.05) is 13.8 Å². The van der Waals surface area contributed by atoms with Crippen molar-refractivity contribution in [3.63, 3.8) is 0 Å². The van der Waals surface area contributed by atoms with E-state index in [0.717, 1.165) is 37.6 Å². The molecule has 0 bridgehead atoms. The van der Waals surface area contributed by atoms with Crippen LogP contribution < -0.4 is 0 Å². The van der Waals surface area contributed by atoms with Crippen LogP contribution in [0.2, 0.25) is 0 Å². The van der Waals surface area contributed by atoms with Crippen molar-refractivity contribution in [1.29, 1.82) is 0 Å². The molecule has 0 aromatic rings. The van der Waals surface area contributed by atoms with Crippen LogP contribution in [0, 0.1) is 17.8 Å². The molecular formula is C14H25NO2. The Kier molecular flexibility index (Phi) is 4.08. The van der Waals surface area contributed by atoms with E-state index >= 15 is 0 Å². The molecule has 0 spiro atoms. The minimum Gasteiger partial charge on any atom is -0.391 e. The number of β-amino-alcohol motifs (C(OH)–C–C–N with tert-alkyl or cyclic N) is 1.